The summed E-state index contributed by atoms with van der Waals surface area (Å²) >= 11 is 0. The van der Waals surface area contributed by atoms with E-state index in [1.165, 1.54) is 23.8 Å². The number of rotatable bonds is 3. The second kappa shape index (κ2) is 4.56. The molecule has 1 heteroatoms. The lowest BCUT2D eigenvalue weighted by Gasteiger charge is -2.18. The number of hydrogen-bond donors (Lipinski definition) is 0. The molecule has 1 nitrogen and oxygen atoms in total. The minimum atomic E-state index is 0.185. The van der Waals surface area contributed by atoms with Gasteiger partial charge in [-0.05, 0) is 29.5 Å². The van der Waals surface area contributed by atoms with Gasteiger partial charge in [-0.1, -0.05) is 46.2 Å². The minimum absolute atomic E-state index is 0.185. The molecular weight excluding hydrogens is 208 g/mol. The van der Waals surface area contributed by atoms with E-state index in [9.17, 15) is 0 Å². The van der Waals surface area contributed by atoms with Crippen molar-refractivity contribution >= 4 is 11.0 Å². The zero-order valence-electron chi connectivity index (χ0n) is 11.3. The molecule has 0 bridgehead atoms. The molecule has 17 heavy (non-hydrogen) atoms. The van der Waals surface area contributed by atoms with Crippen molar-refractivity contribution in [3.8, 4) is 0 Å². The Kier molecular flexibility index (Phi) is 3.28. The number of furan rings is 1. The van der Waals surface area contributed by atoms with Crippen LogP contribution in [-0.2, 0) is 11.8 Å². The Morgan fingerprint density at radius 3 is 2.53 bits per heavy atom. The Hall–Kier alpha value is -1.24. The van der Waals surface area contributed by atoms with Crippen LogP contribution in [0.15, 0.2) is 28.7 Å². The van der Waals surface area contributed by atoms with Gasteiger partial charge in [0.15, 0.2) is 0 Å². The Labute approximate surface area is 104 Å². The summed E-state index contributed by atoms with van der Waals surface area (Å²) in [5, 5.41) is 1.23. The molecule has 0 saturated heterocycles. The van der Waals surface area contributed by atoms with E-state index in [0.29, 0.717) is 0 Å². The summed E-state index contributed by atoms with van der Waals surface area (Å²) in [6.07, 6.45) is 3.46. The predicted molar refractivity (Wildman–Crippen MR) is 73.5 cm³/mol. The van der Waals surface area contributed by atoms with Gasteiger partial charge in [0.25, 0.3) is 0 Å². The number of unbranched alkanes of at least 4 members (excludes halogenated alkanes) is 1. The number of fused-ring (bicyclic) bond motifs is 1. The molecule has 0 saturated carbocycles. The molecule has 2 aromatic rings. The standard InChI is InChI=1S/C16H22O/c1-5-6-7-14-10-12-8-9-13(16(2,3)4)11-15(12)17-14/h8-11H,5-7H2,1-4H3. The first-order valence-electron chi connectivity index (χ1n) is 6.53. The average Bonchev–Trinajstić information content (AvgIpc) is 2.66. The van der Waals surface area contributed by atoms with Gasteiger partial charge in [-0.15, -0.1) is 0 Å². The normalized spacial score (nSPS) is 12.2. The highest BCUT2D eigenvalue weighted by molar-refractivity contribution is 5.78. The quantitative estimate of drug-likeness (QED) is 0.717. The SMILES string of the molecule is CCCCc1cc2ccc(C(C)(C)C)cc2o1. The van der Waals surface area contributed by atoms with Crippen LogP contribution in [0.5, 0.6) is 0 Å². The highest BCUT2D eigenvalue weighted by Gasteiger charge is 2.15. The molecule has 92 valence electrons. The second-order valence-corrected chi connectivity index (χ2v) is 5.82. The molecule has 0 N–H and O–H groups in total. The van der Waals surface area contributed by atoms with Crippen molar-refractivity contribution < 1.29 is 4.42 Å². The molecule has 1 aromatic heterocycles. The van der Waals surface area contributed by atoms with Crippen molar-refractivity contribution in [2.45, 2.75) is 52.4 Å². The molecule has 1 heterocycles. The van der Waals surface area contributed by atoms with E-state index >= 15 is 0 Å². The number of aryl methyl sites for hydroxylation is 1. The topological polar surface area (TPSA) is 13.1 Å². The summed E-state index contributed by atoms with van der Waals surface area (Å²) in [6, 6.07) is 8.75. The molecule has 0 amide bonds. The van der Waals surface area contributed by atoms with Crippen LogP contribution in [0.3, 0.4) is 0 Å². The smallest absolute Gasteiger partial charge is 0.134 e. The fourth-order valence-corrected chi connectivity index (χ4v) is 2.03. The monoisotopic (exact) mass is 230 g/mol. The largest absolute Gasteiger partial charge is 0.461 e. The lowest BCUT2D eigenvalue weighted by Crippen LogP contribution is -2.10. The van der Waals surface area contributed by atoms with Crippen LogP contribution in [0.25, 0.3) is 11.0 Å². The maximum atomic E-state index is 5.91. The Morgan fingerprint density at radius 1 is 1.12 bits per heavy atom. The first-order valence-corrected chi connectivity index (χ1v) is 6.53. The summed E-state index contributed by atoms with van der Waals surface area (Å²) in [5.41, 5.74) is 2.55. The first kappa shape index (κ1) is 12.2. The highest BCUT2D eigenvalue weighted by Crippen LogP contribution is 2.28. The minimum Gasteiger partial charge on any atom is -0.461 e. The maximum Gasteiger partial charge on any atom is 0.134 e. The van der Waals surface area contributed by atoms with Crippen LogP contribution >= 0.6 is 0 Å². The van der Waals surface area contributed by atoms with Crippen molar-refractivity contribution in [3.05, 3.63) is 35.6 Å². The van der Waals surface area contributed by atoms with Gasteiger partial charge in [0, 0.05) is 11.8 Å². The van der Waals surface area contributed by atoms with Crippen LogP contribution < -0.4 is 0 Å². The molecule has 2 rings (SSSR count). The second-order valence-electron chi connectivity index (χ2n) is 5.82. The third-order valence-corrected chi connectivity index (χ3v) is 3.21. The van der Waals surface area contributed by atoms with Gasteiger partial charge < -0.3 is 4.42 Å². The van der Waals surface area contributed by atoms with E-state index < -0.39 is 0 Å². The molecule has 0 spiro atoms. The molecule has 0 fully saturated rings. The van der Waals surface area contributed by atoms with Crippen molar-refractivity contribution in [1.29, 1.82) is 0 Å². The van der Waals surface area contributed by atoms with Crippen molar-refractivity contribution in [2.75, 3.05) is 0 Å². The van der Waals surface area contributed by atoms with E-state index in [-0.39, 0.29) is 5.41 Å². The molecule has 0 aliphatic heterocycles. The molecule has 1 aromatic carbocycles. The third kappa shape index (κ3) is 2.71. The Bertz CT molecular complexity index is 500. The summed E-state index contributed by atoms with van der Waals surface area (Å²) in [4.78, 5) is 0. The molecule has 0 aliphatic carbocycles. The fourth-order valence-electron chi connectivity index (χ4n) is 2.03. The van der Waals surface area contributed by atoms with Crippen LogP contribution in [0, 0.1) is 0 Å². The van der Waals surface area contributed by atoms with Crippen molar-refractivity contribution in [2.24, 2.45) is 0 Å². The highest BCUT2D eigenvalue weighted by atomic mass is 16.3. The van der Waals surface area contributed by atoms with Gasteiger partial charge in [-0.2, -0.15) is 0 Å². The van der Waals surface area contributed by atoms with E-state index in [0.717, 1.165) is 17.8 Å². The number of hydrogen-bond acceptors (Lipinski definition) is 1. The van der Waals surface area contributed by atoms with Crippen LogP contribution in [-0.4, -0.2) is 0 Å². The van der Waals surface area contributed by atoms with E-state index in [4.69, 9.17) is 4.42 Å². The van der Waals surface area contributed by atoms with E-state index in [1.54, 1.807) is 0 Å². The molecule has 0 radical (unpaired) electrons. The predicted octanol–water partition coefficient (Wildman–Crippen LogP) is 5.07. The lowest BCUT2D eigenvalue weighted by atomic mass is 9.87. The van der Waals surface area contributed by atoms with Crippen molar-refractivity contribution in [3.63, 3.8) is 0 Å². The van der Waals surface area contributed by atoms with Crippen LogP contribution in [0.1, 0.15) is 51.9 Å². The van der Waals surface area contributed by atoms with Gasteiger partial charge in [-0.25, -0.2) is 0 Å². The Morgan fingerprint density at radius 2 is 1.88 bits per heavy atom. The summed E-state index contributed by atoms with van der Waals surface area (Å²) in [7, 11) is 0. The summed E-state index contributed by atoms with van der Waals surface area (Å²) in [6.45, 7) is 8.90. The van der Waals surface area contributed by atoms with Gasteiger partial charge in [0.2, 0.25) is 0 Å². The zero-order valence-corrected chi connectivity index (χ0v) is 11.3. The Balaban J connectivity index is 2.34. The van der Waals surface area contributed by atoms with Gasteiger partial charge in [0.1, 0.15) is 11.3 Å². The van der Waals surface area contributed by atoms with Crippen molar-refractivity contribution in [1.82, 2.24) is 0 Å². The van der Waals surface area contributed by atoms with E-state index in [2.05, 4.69) is 52.0 Å². The summed E-state index contributed by atoms with van der Waals surface area (Å²) < 4.78 is 5.91. The fraction of sp³-hybridized carbons (Fsp3) is 0.500. The average molecular weight is 230 g/mol. The van der Waals surface area contributed by atoms with Crippen LogP contribution in [0.2, 0.25) is 0 Å². The third-order valence-electron chi connectivity index (χ3n) is 3.21. The molecule has 0 unspecified atom stereocenters. The molecular formula is C16H22O. The lowest BCUT2D eigenvalue weighted by molar-refractivity contribution is 0.533. The van der Waals surface area contributed by atoms with Crippen LogP contribution in [0.4, 0.5) is 0 Å². The maximum absolute atomic E-state index is 5.91. The van der Waals surface area contributed by atoms with Gasteiger partial charge in [0.05, 0.1) is 0 Å². The van der Waals surface area contributed by atoms with E-state index in [1.807, 2.05) is 0 Å². The van der Waals surface area contributed by atoms with Gasteiger partial charge >= 0.3 is 0 Å². The first-order chi connectivity index (χ1) is 8.00. The molecule has 0 aliphatic rings. The van der Waals surface area contributed by atoms with Gasteiger partial charge in [-0.3, -0.25) is 0 Å². The zero-order chi connectivity index (χ0) is 12.5. The summed E-state index contributed by atoms with van der Waals surface area (Å²) in [5.74, 6) is 1.12. The molecule has 0 atom stereocenters. The number of benzene rings is 1.